The molecule has 1 saturated heterocycles. The van der Waals surface area contributed by atoms with E-state index in [9.17, 15) is 24.3 Å². The molecule has 0 bridgehead atoms. The van der Waals surface area contributed by atoms with Crippen molar-refractivity contribution in [2.24, 2.45) is 11.8 Å². The van der Waals surface area contributed by atoms with Crippen LogP contribution in [0.3, 0.4) is 0 Å². The third-order valence-corrected chi connectivity index (χ3v) is 9.04. The molecule has 1 fully saturated rings. The van der Waals surface area contributed by atoms with Crippen molar-refractivity contribution in [3.63, 3.8) is 0 Å². The lowest BCUT2D eigenvalue weighted by Crippen LogP contribution is -2.46. The minimum Gasteiger partial charge on any atom is -0.386 e. The van der Waals surface area contributed by atoms with Crippen molar-refractivity contribution in [3.8, 4) is 0 Å². The molecule has 0 aliphatic carbocycles. The minimum atomic E-state index is -1.01. The number of aliphatic hydroxyl groups excluding tert-OH is 1. The number of thiazole rings is 1. The van der Waals surface area contributed by atoms with Crippen LogP contribution in [-0.4, -0.2) is 82.3 Å². The lowest BCUT2D eigenvalue weighted by Gasteiger charge is -2.24. The molecule has 4 atom stereocenters. The van der Waals surface area contributed by atoms with Gasteiger partial charge in [-0.05, 0) is 44.3 Å². The second-order valence-electron chi connectivity index (χ2n) is 12.6. The lowest BCUT2D eigenvalue weighted by atomic mass is 9.98. The van der Waals surface area contributed by atoms with Gasteiger partial charge in [0.1, 0.15) is 16.8 Å². The van der Waals surface area contributed by atoms with Crippen LogP contribution in [0.2, 0.25) is 0 Å². The molecule has 256 valence electrons. The smallest absolute Gasteiger partial charge is 0.280 e. The number of aromatic nitrogens is 1. The average Bonchev–Trinajstić information content (AvgIpc) is 3.63. The molecule has 4 amide bonds. The van der Waals surface area contributed by atoms with E-state index in [0.29, 0.717) is 17.8 Å². The first-order valence-corrected chi connectivity index (χ1v) is 17.6. The molecule has 11 heteroatoms. The largest absolute Gasteiger partial charge is 0.386 e. The van der Waals surface area contributed by atoms with Crippen LogP contribution in [0.5, 0.6) is 0 Å². The molecule has 2 aromatic rings. The Kier molecular flexibility index (Phi) is 17.1. The van der Waals surface area contributed by atoms with Crippen molar-refractivity contribution in [3.05, 3.63) is 52.0 Å². The highest BCUT2D eigenvalue weighted by molar-refractivity contribution is 7.09. The van der Waals surface area contributed by atoms with Crippen LogP contribution < -0.4 is 10.6 Å². The van der Waals surface area contributed by atoms with Gasteiger partial charge in [0.2, 0.25) is 17.7 Å². The van der Waals surface area contributed by atoms with Gasteiger partial charge in [-0.2, -0.15) is 0 Å². The van der Waals surface area contributed by atoms with Crippen LogP contribution in [0.25, 0.3) is 0 Å². The number of imide groups is 1. The fourth-order valence-corrected chi connectivity index (χ4v) is 5.89. The summed E-state index contributed by atoms with van der Waals surface area (Å²) in [6.45, 7) is 13.0. The summed E-state index contributed by atoms with van der Waals surface area (Å²) in [5.74, 6) is -1.48. The molecule has 3 rings (SSSR count). The maximum atomic E-state index is 13.4. The second kappa shape index (κ2) is 20.2. The number of nitrogens with zero attached hydrogens (tertiary/aromatic N) is 3. The van der Waals surface area contributed by atoms with Crippen molar-refractivity contribution < 1.29 is 24.3 Å². The number of benzene rings is 1. The van der Waals surface area contributed by atoms with E-state index in [1.54, 1.807) is 5.38 Å². The van der Waals surface area contributed by atoms with E-state index >= 15 is 0 Å². The fourth-order valence-electron chi connectivity index (χ4n) is 5.10. The first-order chi connectivity index (χ1) is 21.9. The number of hydrogen-bond acceptors (Lipinski definition) is 8. The maximum absolute atomic E-state index is 13.4. The van der Waals surface area contributed by atoms with Gasteiger partial charge in [0.05, 0.1) is 13.1 Å². The lowest BCUT2D eigenvalue weighted by molar-refractivity contribution is -0.129. The first-order valence-electron chi connectivity index (χ1n) is 16.7. The molecule has 46 heavy (non-hydrogen) atoms. The molecule has 2 heterocycles. The topological polar surface area (TPSA) is 132 Å². The number of carbonyl (C=O) groups excluding carboxylic acids is 4. The average molecular weight is 658 g/mol. The summed E-state index contributed by atoms with van der Waals surface area (Å²) in [7, 11) is 1.87. The highest BCUT2D eigenvalue weighted by atomic mass is 32.1. The highest BCUT2D eigenvalue weighted by Gasteiger charge is 2.41. The number of amides is 4. The molecule has 1 aliphatic rings. The fraction of sp³-hybridized carbons (Fsp3) is 0.629. The third kappa shape index (κ3) is 12.6. The third-order valence-electron chi connectivity index (χ3n) is 8.09. The zero-order valence-corrected chi connectivity index (χ0v) is 29.6. The van der Waals surface area contributed by atoms with Gasteiger partial charge >= 0.3 is 0 Å². The molecular weight excluding hydrogens is 602 g/mol. The number of likely N-dealkylation sites (N-methyl/N-ethyl adjacent to an activating group) is 1. The number of nitrogens with one attached hydrogen (secondary N) is 2. The number of aliphatic hydroxyl groups is 1. The molecular formula is C35H55N5O5S. The highest BCUT2D eigenvalue weighted by Crippen LogP contribution is 2.30. The van der Waals surface area contributed by atoms with Crippen molar-refractivity contribution >= 4 is 35.0 Å². The Bertz CT molecular complexity index is 1230. The van der Waals surface area contributed by atoms with Gasteiger partial charge < -0.3 is 15.7 Å². The van der Waals surface area contributed by atoms with Gasteiger partial charge in [-0.3, -0.25) is 29.0 Å². The molecule has 1 aromatic heterocycles. The predicted octanol–water partition coefficient (Wildman–Crippen LogP) is 4.98. The van der Waals surface area contributed by atoms with E-state index in [0.717, 1.165) is 36.3 Å². The normalized spacial score (nSPS) is 17.4. The molecule has 0 radical (unpaired) electrons. The van der Waals surface area contributed by atoms with Crippen LogP contribution in [0.4, 0.5) is 0 Å². The molecule has 1 aromatic carbocycles. The van der Waals surface area contributed by atoms with Crippen molar-refractivity contribution in [2.75, 3.05) is 26.7 Å². The second-order valence-corrected chi connectivity index (χ2v) is 13.5. The summed E-state index contributed by atoms with van der Waals surface area (Å²) in [4.78, 5) is 58.8. The number of unbranched alkanes of at least 4 members (excludes halogenated alkanes) is 2. The minimum absolute atomic E-state index is 0.00278. The van der Waals surface area contributed by atoms with Crippen LogP contribution in [0.1, 0.15) is 107 Å². The van der Waals surface area contributed by atoms with Gasteiger partial charge in [0.15, 0.2) is 0 Å². The van der Waals surface area contributed by atoms with Gasteiger partial charge in [0, 0.05) is 29.8 Å². The summed E-state index contributed by atoms with van der Waals surface area (Å²) in [5.41, 5.74) is 1.18. The van der Waals surface area contributed by atoms with E-state index in [-0.39, 0.29) is 66.8 Å². The van der Waals surface area contributed by atoms with E-state index in [1.165, 1.54) is 17.7 Å². The number of rotatable bonds is 16. The van der Waals surface area contributed by atoms with E-state index in [4.69, 9.17) is 0 Å². The monoisotopic (exact) mass is 657 g/mol. The summed E-state index contributed by atoms with van der Waals surface area (Å²) in [6.07, 6.45) is 5.02. The number of hydrogen-bond donors (Lipinski definition) is 3. The summed E-state index contributed by atoms with van der Waals surface area (Å²) < 4.78 is 0. The van der Waals surface area contributed by atoms with Gasteiger partial charge in [0.25, 0.3) is 5.91 Å². The standard InChI is InChI=1S/C31H45N5O5S.C4H10/c1-6-7-13-35(5)18-28(39)32-17-27(38)33-24(20(2)3)16-26(37)29-34-25(19-42-29)31(41)36-23(14-21(4)30(36)40)15-22-11-9-8-10-12-22;1-3-4-2/h8-12,19-21,23-24,26,37H,6-7,13-18H2,1-5H3,(H,32,39)(H,33,38);3-4H2,1-2H3/t21-,23?,24?,26?;/m0./s1. The molecule has 3 N–H and O–H groups in total. The Morgan fingerprint density at radius 1 is 1.09 bits per heavy atom. The molecule has 3 unspecified atom stereocenters. The SMILES string of the molecule is CCCC.CCCCN(C)CC(=O)NCC(=O)NC(CC(O)c1nc(C(=O)N2C(=O)[C@@H](C)CC2Cc2ccccc2)cs1)C(C)C. The van der Waals surface area contributed by atoms with E-state index in [1.807, 2.05) is 63.1 Å². The summed E-state index contributed by atoms with van der Waals surface area (Å²) in [5, 5.41) is 18.5. The quantitative estimate of drug-likeness (QED) is 0.217. The summed E-state index contributed by atoms with van der Waals surface area (Å²) in [6, 6.07) is 9.14. The Labute approximate surface area is 279 Å². The predicted molar refractivity (Wildman–Crippen MR) is 183 cm³/mol. The summed E-state index contributed by atoms with van der Waals surface area (Å²) >= 11 is 1.16. The Balaban J connectivity index is 0.00000173. The first kappa shape index (κ1) is 39.0. The van der Waals surface area contributed by atoms with Crippen LogP contribution in [-0.2, 0) is 20.8 Å². The zero-order chi connectivity index (χ0) is 34.2. The van der Waals surface area contributed by atoms with Crippen LogP contribution in [0.15, 0.2) is 35.7 Å². The Morgan fingerprint density at radius 2 is 1.76 bits per heavy atom. The van der Waals surface area contributed by atoms with E-state index < -0.39 is 12.0 Å². The molecule has 0 saturated carbocycles. The molecule has 10 nitrogen and oxygen atoms in total. The Hall–Kier alpha value is -3.15. The van der Waals surface area contributed by atoms with Crippen LogP contribution in [0, 0.1) is 11.8 Å². The van der Waals surface area contributed by atoms with Gasteiger partial charge in [-0.1, -0.05) is 91.1 Å². The van der Waals surface area contributed by atoms with Crippen molar-refractivity contribution in [1.82, 2.24) is 25.4 Å². The van der Waals surface area contributed by atoms with Crippen LogP contribution >= 0.6 is 11.3 Å². The van der Waals surface area contributed by atoms with Crippen molar-refractivity contribution in [1.29, 1.82) is 0 Å². The molecule has 1 aliphatic heterocycles. The van der Waals surface area contributed by atoms with Gasteiger partial charge in [-0.15, -0.1) is 11.3 Å². The maximum Gasteiger partial charge on any atom is 0.280 e. The molecule has 0 spiro atoms. The Morgan fingerprint density at radius 3 is 2.37 bits per heavy atom. The van der Waals surface area contributed by atoms with E-state index in [2.05, 4.69) is 36.4 Å². The number of carbonyl (C=O) groups is 4. The van der Waals surface area contributed by atoms with Crippen molar-refractivity contribution in [2.45, 2.75) is 105 Å². The number of likely N-dealkylation sites (tertiary alicyclic amines) is 1. The zero-order valence-electron chi connectivity index (χ0n) is 28.8. The van der Waals surface area contributed by atoms with Gasteiger partial charge in [-0.25, -0.2) is 4.98 Å².